The number of rotatable bonds is 3. The molecular formula is C12H10N4O2. The van der Waals surface area contributed by atoms with Gasteiger partial charge in [-0.3, -0.25) is 0 Å². The summed E-state index contributed by atoms with van der Waals surface area (Å²) in [6.45, 7) is 0.246. The fraction of sp³-hybridized carbons (Fsp3) is 0.0833. The van der Waals surface area contributed by atoms with Crippen molar-refractivity contribution in [3.8, 4) is 6.07 Å². The van der Waals surface area contributed by atoms with Gasteiger partial charge in [0.15, 0.2) is 0 Å². The monoisotopic (exact) mass is 242 g/mol. The van der Waals surface area contributed by atoms with E-state index in [2.05, 4.69) is 4.98 Å². The number of imidazole rings is 1. The molecule has 0 aliphatic carbocycles. The van der Waals surface area contributed by atoms with Gasteiger partial charge in [0.05, 0.1) is 12.1 Å². The summed E-state index contributed by atoms with van der Waals surface area (Å²) in [6, 6.07) is 6.81. The molecule has 2 rings (SSSR count). The van der Waals surface area contributed by atoms with Crippen LogP contribution in [0.25, 0.3) is 0 Å². The zero-order valence-corrected chi connectivity index (χ0v) is 9.37. The molecule has 0 saturated carbocycles. The fourth-order valence-electron chi connectivity index (χ4n) is 1.75. The highest BCUT2D eigenvalue weighted by Gasteiger charge is 2.14. The van der Waals surface area contributed by atoms with Gasteiger partial charge in [-0.25, -0.2) is 9.78 Å². The zero-order chi connectivity index (χ0) is 13.1. The Morgan fingerprint density at radius 1 is 1.56 bits per heavy atom. The summed E-state index contributed by atoms with van der Waals surface area (Å²) in [7, 11) is 0. The van der Waals surface area contributed by atoms with Crippen molar-refractivity contribution in [1.82, 2.24) is 9.55 Å². The van der Waals surface area contributed by atoms with Crippen LogP contribution in [0.2, 0.25) is 0 Å². The van der Waals surface area contributed by atoms with E-state index in [0.717, 1.165) is 0 Å². The van der Waals surface area contributed by atoms with Gasteiger partial charge in [0.1, 0.15) is 6.07 Å². The molecule has 0 bridgehead atoms. The van der Waals surface area contributed by atoms with E-state index >= 15 is 0 Å². The molecule has 1 heterocycles. The van der Waals surface area contributed by atoms with Crippen LogP contribution in [-0.4, -0.2) is 20.6 Å². The van der Waals surface area contributed by atoms with Gasteiger partial charge in [-0.05, 0) is 11.6 Å². The molecule has 3 N–H and O–H groups in total. The first-order chi connectivity index (χ1) is 8.63. The van der Waals surface area contributed by atoms with E-state index in [1.807, 2.05) is 6.07 Å². The van der Waals surface area contributed by atoms with Crippen LogP contribution in [-0.2, 0) is 6.54 Å². The highest BCUT2D eigenvalue weighted by atomic mass is 16.4. The van der Waals surface area contributed by atoms with Crippen LogP contribution in [0.4, 0.5) is 5.69 Å². The average molecular weight is 242 g/mol. The number of aromatic carboxylic acids is 1. The van der Waals surface area contributed by atoms with E-state index in [-0.39, 0.29) is 23.6 Å². The number of benzene rings is 1. The predicted octanol–water partition coefficient (Wildman–Crippen LogP) is 1.08. The lowest BCUT2D eigenvalue weighted by Gasteiger charge is -2.09. The van der Waals surface area contributed by atoms with E-state index < -0.39 is 5.97 Å². The third kappa shape index (κ3) is 2.01. The van der Waals surface area contributed by atoms with Gasteiger partial charge in [0.25, 0.3) is 0 Å². The molecule has 6 nitrogen and oxygen atoms in total. The van der Waals surface area contributed by atoms with Gasteiger partial charge >= 0.3 is 5.97 Å². The summed E-state index contributed by atoms with van der Waals surface area (Å²) in [5.74, 6) is -0.851. The van der Waals surface area contributed by atoms with Gasteiger partial charge in [0, 0.05) is 18.1 Å². The number of nitrogens with two attached hydrogens (primary N) is 1. The summed E-state index contributed by atoms with van der Waals surface area (Å²) in [5, 5.41) is 18.0. The maximum Gasteiger partial charge on any atom is 0.338 e. The van der Waals surface area contributed by atoms with Gasteiger partial charge < -0.3 is 15.4 Å². The Bertz CT molecular complexity index is 640. The largest absolute Gasteiger partial charge is 0.478 e. The summed E-state index contributed by atoms with van der Waals surface area (Å²) >= 11 is 0. The van der Waals surface area contributed by atoms with Gasteiger partial charge in [-0.1, -0.05) is 12.1 Å². The Labute approximate surface area is 103 Å². The minimum Gasteiger partial charge on any atom is -0.478 e. The quantitative estimate of drug-likeness (QED) is 0.783. The number of carboxylic acid groups (broad SMARTS) is 1. The Hall–Kier alpha value is -2.81. The van der Waals surface area contributed by atoms with E-state index in [1.54, 1.807) is 22.9 Å². The van der Waals surface area contributed by atoms with Crippen molar-refractivity contribution in [2.24, 2.45) is 0 Å². The Morgan fingerprint density at radius 3 is 3.00 bits per heavy atom. The fourth-order valence-corrected chi connectivity index (χ4v) is 1.75. The second-order valence-electron chi connectivity index (χ2n) is 3.68. The first-order valence-electron chi connectivity index (χ1n) is 5.15. The van der Waals surface area contributed by atoms with E-state index in [4.69, 9.17) is 16.1 Å². The van der Waals surface area contributed by atoms with Crippen molar-refractivity contribution in [1.29, 1.82) is 5.26 Å². The van der Waals surface area contributed by atoms with Crippen molar-refractivity contribution in [3.05, 3.63) is 47.5 Å². The SMILES string of the molecule is N#Cc1nccn1Cc1cccc(N)c1C(=O)O. The van der Waals surface area contributed by atoms with Crippen LogP contribution in [0.3, 0.4) is 0 Å². The average Bonchev–Trinajstić information content (AvgIpc) is 2.76. The van der Waals surface area contributed by atoms with Crippen molar-refractivity contribution < 1.29 is 9.90 Å². The predicted molar refractivity (Wildman–Crippen MR) is 63.9 cm³/mol. The Kier molecular flexibility index (Phi) is 2.98. The van der Waals surface area contributed by atoms with Crippen molar-refractivity contribution in [3.63, 3.8) is 0 Å². The molecule has 0 unspecified atom stereocenters. The first-order valence-corrected chi connectivity index (χ1v) is 5.15. The molecule has 0 spiro atoms. The molecular weight excluding hydrogens is 232 g/mol. The Morgan fingerprint density at radius 2 is 2.33 bits per heavy atom. The molecule has 0 aliphatic heterocycles. The second-order valence-corrected chi connectivity index (χ2v) is 3.68. The van der Waals surface area contributed by atoms with Gasteiger partial charge in [0.2, 0.25) is 5.82 Å². The smallest absolute Gasteiger partial charge is 0.338 e. The molecule has 1 aromatic heterocycles. The van der Waals surface area contributed by atoms with Crippen LogP contribution >= 0.6 is 0 Å². The number of hydrogen-bond acceptors (Lipinski definition) is 4. The lowest BCUT2D eigenvalue weighted by molar-refractivity contribution is 0.0696. The molecule has 6 heteroatoms. The lowest BCUT2D eigenvalue weighted by Crippen LogP contribution is -2.10. The molecule has 1 aromatic carbocycles. The lowest BCUT2D eigenvalue weighted by atomic mass is 10.1. The molecule has 0 amide bonds. The maximum atomic E-state index is 11.2. The summed E-state index contributed by atoms with van der Waals surface area (Å²) in [5.41, 5.74) is 6.46. The summed E-state index contributed by atoms with van der Waals surface area (Å²) < 4.78 is 1.57. The number of carbonyl (C=O) groups is 1. The van der Waals surface area contributed by atoms with Crippen LogP contribution in [0, 0.1) is 11.3 Å². The van der Waals surface area contributed by atoms with E-state index in [1.165, 1.54) is 12.3 Å². The van der Waals surface area contributed by atoms with Crippen LogP contribution in [0.15, 0.2) is 30.6 Å². The van der Waals surface area contributed by atoms with E-state index in [9.17, 15) is 4.79 Å². The van der Waals surface area contributed by atoms with Crippen molar-refractivity contribution in [2.75, 3.05) is 5.73 Å². The van der Waals surface area contributed by atoms with Crippen molar-refractivity contribution in [2.45, 2.75) is 6.54 Å². The number of aromatic nitrogens is 2. The topological polar surface area (TPSA) is 105 Å². The standard InChI is InChI=1S/C12H10N4O2/c13-6-10-15-4-5-16(10)7-8-2-1-3-9(14)11(8)12(17)18/h1-5H,7,14H2,(H,17,18). The number of carboxylic acids is 1. The van der Waals surface area contributed by atoms with Crippen LogP contribution in [0.1, 0.15) is 21.7 Å². The van der Waals surface area contributed by atoms with Crippen molar-refractivity contribution >= 4 is 11.7 Å². The third-order valence-corrected chi connectivity index (χ3v) is 2.55. The van der Waals surface area contributed by atoms with Crippen LogP contribution < -0.4 is 5.73 Å². The normalized spacial score (nSPS) is 9.94. The van der Waals surface area contributed by atoms with Gasteiger partial charge in [-0.15, -0.1) is 0 Å². The molecule has 0 aliphatic rings. The summed E-state index contributed by atoms with van der Waals surface area (Å²) in [6.07, 6.45) is 3.11. The number of nitriles is 1. The third-order valence-electron chi connectivity index (χ3n) is 2.55. The maximum absolute atomic E-state index is 11.2. The van der Waals surface area contributed by atoms with Gasteiger partial charge in [-0.2, -0.15) is 5.26 Å². The number of hydrogen-bond donors (Lipinski definition) is 2. The number of anilines is 1. The molecule has 0 radical (unpaired) electrons. The molecule has 0 saturated heterocycles. The molecule has 90 valence electrons. The Balaban J connectivity index is 2.45. The minimum atomic E-state index is -1.08. The first kappa shape index (κ1) is 11.7. The number of nitrogens with zero attached hydrogens (tertiary/aromatic N) is 3. The molecule has 0 fully saturated rings. The van der Waals surface area contributed by atoms with E-state index in [0.29, 0.717) is 5.56 Å². The second kappa shape index (κ2) is 4.59. The number of nitrogen functional groups attached to an aromatic ring is 1. The molecule has 0 atom stereocenters. The molecule has 18 heavy (non-hydrogen) atoms. The highest BCUT2D eigenvalue weighted by molar-refractivity contribution is 5.95. The summed E-state index contributed by atoms with van der Waals surface area (Å²) in [4.78, 5) is 15.0. The van der Waals surface area contributed by atoms with Crippen LogP contribution in [0.5, 0.6) is 0 Å². The minimum absolute atomic E-state index is 0.0649. The zero-order valence-electron chi connectivity index (χ0n) is 9.37. The molecule has 2 aromatic rings. The highest BCUT2D eigenvalue weighted by Crippen LogP contribution is 2.18.